The predicted octanol–water partition coefficient (Wildman–Crippen LogP) is 3.17. The van der Waals surface area contributed by atoms with Gasteiger partial charge in [-0.25, -0.2) is 17.9 Å². The van der Waals surface area contributed by atoms with E-state index in [1.165, 1.54) is 31.3 Å². The molecule has 0 aliphatic rings. The molecule has 0 fully saturated rings. The van der Waals surface area contributed by atoms with Crippen LogP contribution in [0.1, 0.15) is 28.9 Å². The predicted molar refractivity (Wildman–Crippen MR) is 88.0 cm³/mol. The Balaban J connectivity index is 2.22. The Morgan fingerprint density at radius 2 is 1.87 bits per heavy atom. The Hall–Kier alpha value is -1.89. The molecule has 2 rings (SSSR count). The van der Waals surface area contributed by atoms with Gasteiger partial charge in [0.05, 0.1) is 10.5 Å². The molecule has 2 aromatic carbocycles. The molecule has 23 heavy (non-hydrogen) atoms. The highest BCUT2D eigenvalue weighted by Crippen LogP contribution is 2.26. The summed E-state index contributed by atoms with van der Waals surface area (Å²) in [7, 11) is -2.32. The smallest absolute Gasteiger partial charge is 0.338 e. The van der Waals surface area contributed by atoms with E-state index in [0.29, 0.717) is 10.6 Å². The van der Waals surface area contributed by atoms with Gasteiger partial charge in [-0.15, -0.1) is 0 Å². The van der Waals surface area contributed by atoms with Crippen LogP contribution in [0, 0.1) is 0 Å². The highest BCUT2D eigenvalue weighted by atomic mass is 35.5. The van der Waals surface area contributed by atoms with E-state index in [4.69, 9.17) is 16.3 Å². The summed E-state index contributed by atoms with van der Waals surface area (Å²) in [6.07, 6.45) is -0.555. The van der Waals surface area contributed by atoms with Crippen LogP contribution < -0.4 is 4.72 Å². The molecule has 1 N–H and O–H groups in total. The van der Waals surface area contributed by atoms with Crippen molar-refractivity contribution in [2.45, 2.75) is 17.9 Å². The Bertz CT molecular complexity index is 820. The Morgan fingerprint density at radius 1 is 1.17 bits per heavy atom. The standard InChI is InChI=1S/C16H16ClNO4S/c1-11(14-8-3-4-9-15(14)17)22-16(19)12-6-5-7-13(10-12)23(20,21)18-2/h3-11,18H,1-2H3. The summed E-state index contributed by atoms with van der Waals surface area (Å²) in [5.74, 6) is -0.620. The first-order valence-electron chi connectivity index (χ1n) is 6.84. The second-order valence-electron chi connectivity index (χ2n) is 4.80. The molecule has 122 valence electrons. The molecule has 0 spiro atoms. The highest BCUT2D eigenvalue weighted by molar-refractivity contribution is 7.89. The molecule has 0 aromatic heterocycles. The first-order valence-corrected chi connectivity index (χ1v) is 8.70. The molecular formula is C16H16ClNO4S. The average molecular weight is 354 g/mol. The molecular weight excluding hydrogens is 338 g/mol. The van der Waals surface area contributed by atoms with Crippen LogP contribution in [0.3, 0.4) is 0 Å². The molecule has 1 atom stereocenters. The normalized spacial score (nSPS) is 12.7. The van der Waals surface area contributed by atoms with Crippen molar-refractivity contribution in [1.82, 2.24) is 4.72 Å². The lowest BCUT2D eigenvalue weighted by atomic mass is 10.1. The van der Waals surface area contributed by atoms with Gasteiger partial charge in [-0.3, -0.25) is 0 Å². The summed E-state index contributed by atoms with van der Waals surface area (Å²) >= 11 is 6.07. The van der Waals surface area contributed by atoms with E-state index in [-0.39, 0.29) is 10.5 Å². The molecule has 7 heteroatoms. The van der Waals surface area contributed by atoms with E-state index < -0.39 is 22.1 Å². The number of halogens is 1. The van der Waals surface area contributed by atoms with E-state index >= 15 is 0 Å². The first-order chi connectivity index (χ1) is 10.8. The zero-order valence-electron chi connectivity index (χ0n) is 12.6. The third-order valence-corrected chi connectivity index (χ3v) is 5.03. The molecule has 0 radical (unpaired) electrons. The largest absolute Gasteiger partial charge is 0.454 e. The molecule has 0 heterocycles. The van der Waals surface area contributed by atoms with Crippen LogP contribution in [-0.4, -0.2) is 21.4 Å². The quantitative estimate of drug-likeness (QED) is 0.838. The number of ether oxygens (including phenoxy) is 1. The number of esters is 1. The van der Waals surface area contributed by atoms with E-state index in [0.717, 1.165) is 0 Å². The Labute approximate surface area is 140 Å². The number of carbonyl (C=O) groups is 1. The van der Waals surface area contributed by atoms with Crippen LogP contribution in [0.15, 0.2) is 53.4 Å². The van der Waals surface area contributed by atoms with Crippen molar-refractivity contribution in [1.29, 1.82) is 0 Å². The van der Waals surface area contributed by atoms with Crippen molar-refractivity contribution in [3.05, 3.63) is 64.7 Å². The van der Waals surface area contributed by atoms with E-state index in [9.17, 15) is 13.2 Å². The van der Waals surface area contributed by atoms with Gasteiger partial charge in [0.25, 0.3) is 0 Å². The third-order valence-electron chi connectivity index (χ3n) is 3.28. The van der Waals surface area contributed by atoms with E-state index in [2.05, 4.69) is 4.72 Å². The minimum Gasteiger partial charge on any atom is -0.454 e. The fourth-order valence-electron chi connectivity index (χ4n) is 2.00. The third kappa shape index (κ3) is 4.10. The van der Waals surface area contributed by atoms with Crippen LogP contribution in [-0.2, 0) is 14.8 Å². The van der Waals surface area contributed by atoms with Crippen LogP contribution in [0.25, 0.3) is 0 Å². The van der Waals surface area contributed by atoms with Crippen LogP contribution in [0.2, 0.25) is 5.02 Å². The van der Waals surface area contributed by atoms with Gasteiger partial charge in [-0.05, 0) is 38.2 Å². The fourth-order valence-corrected chi connectivity index (χ4v) is 3.07. The summed E-state index contributed by atoms with van der Waals surface area (Å²) < 4.78 is 31.1. The number of hydrogen-bond donors (Lipinski definition) is 1. The second kappa shape index (κ2) is 7.12. The summed E-state index contributed by atoms with van der Waals surface area (Å²) in [5, 5.41) is 0.499. The van der Waals surface area contributed by atoms with Gasteiger partial charge in [0, 0.05) is 10.6 Å². The maximum absolute atomic E-state index is 12.2. The van der Waals surface area contributed by atoms with Crippen LogP contribution in [0.5, 0.6) is 0 Å². The van der Waals surface area contributed by atoms with Crippen molar-refractivity contribution in [3.8, 4) is 0 Å². The number of rotatable bonds is 5. The number of sulfonamides is 1. The molecule has 0 aliphatic carbocycles. The molecule has 5 nitrogen and oxygen atoms in total. The minimum atomic E-state index is -3.62. The van der Waals surface area contributed by atoms with Crippen molar-refractivity contribution in [3.63, 3.8) is 0 Å². The SMILES string of the molecule is CNS(=O)(=O)c1cccc(C(=O)OC(C)c2ccccc2Cl)c1. The topological polar surface area (TPSA) is 72.5 Å². The summed E-state index contributed by atoms with van der Waals surface area (Å²) in [4.78, 5) is 12.2. The summed E-state index contributed by atoms with van der Waals surface area (Å²) in [6.45, 7) is 1.70. The molecule has 0 saturated carbocycles. The van der Waals surface area contributed by atoms with Crippen LogP contribution in [0.4, 0.5) is 0 Å². The Kier molecular flexibility index (Phi) is 5.41. The van der Waals surface area contributed by atoms with Gasteiger partial charge in [0.2, 0.25) is 10.0 Å². The zero-order valence-corrected chi connectivity index (χ0v) is 14.2. The zero-order chi connectivity index (χ0) is 17.0. The van der Waals surface area contributed by atoms with Gasteiger partial charge >= 0.3 is 5.97 Å². The maximum atomic E-state index is 12.2. The number of nitrogens with one attached hydrogen (secondary N) is 1. The number of hydrogen-bond acceptors (Lipinski definition) is 4. The van der Waals surface area contributed by atoms with Gasteiger partial charge in [-0.1, -0.05) is 35.9 Å². The molecule has 2 aromatic rings. The molecule has 0 amide bonds. The maximum Gasteiger partial charge on any atom is 0.338 e. The number of benzene rings is 2. The number of carbonyl (C=O) groups excluding carboxylic acids is 1. The monoisotopic (exact) mass is 353 g/mol. The molecule has 0 saturated heterocycles. The van der Waals surface area contributed by atoms with Gasteiger partial charge in [-0.2, -0.15) is 0 Å². The first kappa shape index (κ1) is 17.5. The highest BCUT2D eigenvalue weighted by Gasteiger charge is 2.18. The van der Waals surface area contributed by atoms with Crippen molar-refractivity contribution < 1.29 is 17.9 Å². The van der Waals surface area contributed by atoms with Crippen molar-refractivity contribution in [2.75, 3.05) is 7.05 Å². The fraction of sp³-hybridized carbons (Fsp3) is 0.188. The van der Waals surface area contributed by atoms with Gasteiger partial charge < -0.3 is 4.74 Å². The minimum absolute atomic E-state index is 0.000142. The van der Waals surface area contributed by atoms with Gasteiger partial charge in [0.1, 0.15) is 6.10 Å². The summed E-state index contributed by atoms with van der Waals surface area (Å²) in [5.41, 5.74) is 0.835. The molecule has 0 bridgehead atoms. The Morgan fingerprint density at radius 3 is 2.52 bits per heavy atom. The molecule has 0 aliphatic heterocycles. The van der Waals surface area contributed by atoms with E-state index in [1.54, 1.807) is 31.2 Å². The van der Waals surface area contributed by atoms with Crippen molar-refractivity contribution >= 4 is 27.6 Å². The van der Waals surface area contributed by atoms with Gasteiger partial charge in [0.15, 0.2) is 0 Å². The van der Waals surface area contributed by atoms with Crippen molar-refractivity contribution in [2.24, 2.45) is 0 Å². The lowest BCUT2D eigenvalue weighted by molar-refractivity contribution is 0.0338. The molecule has 1 unspecified atom stereocenters. The van der Waals surface area contributed by atoms with Crippen LogP contribution >= 0.6 is 11.6 Å². The lowest BCUT2D eigenvalue weighted by Crippen LogP contribution is -2.19. The van der Waals surface area contributed by atoms with E-state index in [1.807, 2.05) is 0 Å². The summed E-state index contributed by atoms with van der Waals surface area (Å²) in [6, 6.07) is 12.7. The average Bonchev–Trinajstić information content (AvgIpc) is 2.55. The lowest BCUT2D eigenvalue weighted by Gasteiger charge is -2.15. The second-order valence-corrected chi connectivity index (χ2v) is 7.10.